The second kappa shape index (κ2) is 5.91. The van der Waals surface area contributed by atoms with Crippen molar-refractivity contribution in [3.63, 3.8) is 0 Å². The summed E-state index contributed by atoms with van der Waals surface area (Å²) in [5.41, 5.74) is 0.910. The number of methoxy groups -OCH3 is 1. The maximum absolute atomic E-state index is 11.9. The van der Waals surface area contributed by atoms with E-state index < -0.39 is 0 Å². The van der Waals surface area contributed by atoms with Crippen LogP contribution < -0.4 is 10.1 Å². The Morgan fingerprint density at radius 2 is 2.11 bits per heavy atom. The molecule has 1 amide bonds. The van der Waals surface area contributed by atoms with Crippen LogP contribution in [-0.2, 0) is 10.3 Å². The van der Waals surface area contributed by atoms with Crippen LogP contribution in [0.2, 0.25) is 0 Å². The van der Waals surface area contributed by atoms with Crippen LogP contribution >= 0.6 is 0 Å². The molecule has 3 heteroatoms. The Hall–Kier alpha value is -1.77. The predicted molar refractivity (Wildman–Crippen MR) is 76.1 cm³/mol. The Labute approximate surface area is 114 Å². The molecule has 1 saturated carbocycles. The van der Waals surface area contributed by atoms with Gasteiger partial charge in [0, 0.05) is 0 Å². The number of nitrogens with one attached hydrogen (secondary N) is 1. The molecule has 0 heterocycles. The van der Waals surface area contributed by atoms with Gasteiger partial charge < -0.3 is 10.1 Å². The van der Waals surface area contributed by atoms with Crippen LogP contribution in [0.25, 0.3) is 0 Å². The van der Waals surface area contributed by atoms with Crippen molar-refractivity contribution in [3.8, 4) is 5.75 Å². The summed E-state index contributed by atoms with van der Waals surface area (Å²) >= 11 is 0. The van der Waals surface area contributed by atoms with E-state index in [1.807, 2.05) is 25.1 Å². The average Bonchev–Trinajstić information content (AvgIpc) is 2.89. The lowest BCUT2D eigenvalue weighted by atomic mass is 9.88. The molecule has 0 aromatic heterocycles. The van der Waals surface area contributed by atoms with Gasteiger partial charge >= 0.3 is 0 Å². The summed E-state index contributed by atoms with van der Waals surface area (Å²) in [5, 5.41) is 3.18. The molecule has 1 aromatic rings. The molecule has 1 N–H and O–H groups in total. The van der Waals surface area contributed by atoms with Gasteiger partial charge in [0.05, 0.1) is 12.6 Å². The van der Waals surface area contributed by atoms with Crippen molar-refractivity contribution in [3.05, 3.63) is 42.0 Å². The summed E-state index contributed by atoms with van der Waals surface area (Å²) < 4.78 is 5.29. The predicted octanol–water partition coefficient (Wildman–Crippen LogP) is 3.16. The van der Waals surface area contributed by atoms with Gasteiger partial charge in [0.1, 0.15) is 5.75 Å². The SMILES string of the molecule is C/C=C/C(=O)NC1(c2cccc(OC)c2)CCCC1. The molecule has 0 bridgehead atoms. The molecule has 0 radical (unpaired) electrons. The van der Waals surface area contributed by atoms with E-state index in [1.165, 1.54) is 0 Å². The number of hydrogen-bond donors (Lipinski definition) is 1. The lowest BCUT2D eigenvalue weighted by molar-refractivity contribution is -0.118. The number of rotatable bonds is 4. The molecule has 0 aliphatic heterocycles. The first kappa shape index (κ1) is 13.7. The third-order valence-electron chi connectivity index (χ3n) is 3.76. The Morgan fingerprint density at radius 3 is 2.74 bits per heavy atom. The minimum atomic E-state index is -0.231. The third kappa shape index (κ3) is 2.98. The average molecular weight is 259 g/mol. The molecule has 1 aromatic carbocycles. The molecule has 0 unspecified atom stereocenters. The first-order valence-corrected chi connectivity index (χ1v) is 6.79. The zero-order valence-electron chi connectivity index (χ0n) is 11.6. The minimum absolute atomic E-state index is 0.0211. The van der Waals surface area contributed by atoms with Gasteiger partial charge in [0.15, 0.2) is 0 Å². The summed E-state index contributed by atoms with van der Waals surface area (Å²) in [6.45, 7) is 1.85. The Kier molecular flexibility index (Phi) is 4.25. The molecular formula is C16H21NO2. The van der Waals surface area contributed by atoms with Crippen molar-refractivity contribution < 1.29 is 9.53 Å². The molecule has 1 fully saturated rings. The zero-order valence-corrected chi connectivity index (χ0v) is 11.6. The van der Waals surface area contributed by atoms with E-state index in [1.54, 1.807) is 19.3 Å². The number of amides is 1. The van der Waals surface area contributed by atoms with E-state index >= 15 is 0 Å². The van der Waals surface area contributed by atoms with E-state index in [9.17, 15) is 4.79 Å². The number of ether oxygens (including phenoxy) is 1. The lowest BCUT2D eigenvalue weighted by Gasteiger charge is -2.31. The van der Waals surface area contributed by atoms with Crippen LogP contribution in [0, 0.1) is 0 Å². The van der Waals surface area contributed by atoms with E-state index in [0.29, 0.717) is 0 Å². The van der Waals surface area contributed by atoms with Crippen molar-refractivity contribution in [1.29, 1.82) is 0 Å². The quantitative estimate of drug-likeness (QED) is 0.843. The molecule has 3 nitrogen and oxygen atoms in total. The molecular weight excluding hydrogens is 238 g/mol. The molecule has 0 spiro atoms. The van der Waals surface area contributed by atoms with Crippen LogP contribution in [-0.4, -0.2) is 13.0 Å². The monoisotopic (exact) mass is 259 g/mol. The van der Waals surface area contributed by atoms with Crippen molar-refractivity contribution in [2.45, 2.75) is 38.1 Å². The third-order valence-corrected chi connectivity index (χ3v) is 3.76. The van der Waals surface area contributed by atoms with Crippen molar-refractivity contribution in [2.24, 2.45) is 0 Å². The number of benzene rings is 1. The van der Waals surface area contributed by atoms with Gasteiger partial charge in [-0.15, -0.1) is 0 Å². The molecule has 2 rings (SSSR count). The normalized spacial score (nSPS) is 17.6. The maximum atomic E-state index is 11.9. The summed E-state index contributed by atoms with van der Waals surface area (Å²) in [6, 6.07) is 8.01. The van der Waals surface area contributed by atoms with E-state index in [4.69, 9.17) is 4.74 Å². The van der Waals surface area contributed by atoms with Gasteiger partial charge in [-0.1, -0.05) is 31.1 Å². The highest BCUT2D eigenvalue weighted by molar-refractivity contribution is 5.88. The molecule has 0 saturated heterocycles. The van der Waals surface area contributed by atoms with Crippen LogP contribution in [0.4, 0.5) is 0 Å². The number of carbonyl (C=O) groups excluding carboxylic acids is 1. The Morgan fingerprint density at radius 1 is 1.37 bits per heavy atom. The van der Waals surface area contributed by atoms with E-state index in [-0.39, 0.29) is 11.4 Å². The fourth-order valence-electron chi connectivity index (χ4n) is 2.81. The van der Waals surface area contributed by atoms with Gasteiger partial charge in [-0.25, -0.2) is 0 Å². The molecule has 19 heavy (non-hydrogen) atoms. The van der Waals surface area contributed by atoms with Crippen molar-refractivity contribution in [2.75, 3.05) is 7.11 Å². The summed E-state index contributed by atoms with van der Waals surface area (Å²) in [4.78, 5) is 11.9. The lowest BCUT2D eigenvalue weighted by Crippen LogP contribution is -2.43. The summed E-state index contributed by atoms with van der Waals surface area (Å²) in [5.74, 6) is 0.816. The Balaban J connectivity index is 2.30. The van der Waals surface area contributed by atoms with Crippen LogP contribution in [0.3, 0.4) is 0 Å². The van der Waals surface area contributed by atoms with Crippen LogP contribution in [0.15, 0.2) is 36.4 Å². The van der Waals surface area contributed by atoms with Gasteiger partial charge in [0.25, 0.3) is 0 Å². The standard InChI is InChI=1S/C16H21NO2/c1-3-7-15(18)17-16(10-4-5-11-16)13-8-6-9-14(12-13)19-2/h3,6-9,12H,4-5,10-11H2,1-2H3,(H,17,18)/b7-3+. The second-order valence-corrected chi connectivity index (χ2v) is 5.01. The number of allylic oxidation sites excluding steroid dienone is 1. The largest absolute Gasteiger partial charge is 0.497 e. The minimum Gasteiger partial charge on any atom is -0.497 e. The number of carbonyl (C=O) groups is 1. The van der Waals surface area contributed by atoms with Crippen molar-refractivity contribution in [1.82, 2.24) is 5.32 Å². The van der Waals surface area contributed by atoms with Crippen LogP contribution in [0.1, 0.15) is 38.2 Å². The zero-order chi connectivity index (χ0) is 13.7. The first-order valence-electron chi connectivity index (χ1n) is 6.79. The fourth-order valence-corrected chi connectivity index (χ4v) is 2.81. The van der Waals surface area contributed by atoms with Gasteiger partial charge in [0.2, 0.25) is 5.91 Å². The Bertz CT molecular complexity index is 473. The summed E-state index contributed by atoms with van der Waals surface area (Å²) in [7, 11) is 1.67. The highest BCUT2D eigenvalue weighted by atomic mass is 16.5. The second-order valence-electron chi connectivity index (χ2n) is 5.01. The fraction of sp³-hybridized carbons (Fsp3) is 0.438. The smallest absolute Gasteiger partial charge is 0.244 e. The first-order chi connectivity index (χ1) is 9.20. The molecule has 102 valence electrons. The number of hydrogen-bond acceptors (Lipinski definition) is 2. The van der Waals surface area contributed by atoms with Crippen LogP contribution in [0.5, 0.6) is 5.75 Å². The molecule has 1 aliphatic carbocycles. The van der Waals surface area contributed by atoms with E-state index in [2.05, 4.69) is 11.4 Å². The highest BCUT2D eigenvalue weighted by Gasteiger charge is 2.36. The summed E-state index contributed by atoms with van der Waals surface area (Å²) in [6.07, 6.45) is 7.62. The van der Waals surface area contributed by atoms with Gasteiger partial charge in [-0.3, -0.25) is 4.79 Å². The topological polar surface area (TPSA) is 38.3 Å². The van der Waals surface area contributed by atoms with Gasteiger partial charge in [-0.05, 0) is 43.5 Å². The highest BCUT2D eigenvalue weighted by Crippen LogP contribution is 2.39. The molecule has 0 atom stereocenters. The van der Waals surface area contributed by atoms with Gasteiger partial charge in [-0.2, -0.15) is 0 Å². The maximum Gasteiger partial charge on any atom is 0.244 e. The molecule has 1 aliphatic rings. The van der Waals surface area contributed by atoms with Crippen molar-refractivity contribution >= 4 is 5.91 Å². The van der Waals surface area contributed by atoms with E-state index in [0.717, 1.165) is 37.0 Å².